The molecule has 0 aliphatic heterocycles. The molecule has 1 aromatic rings. The maximum Gasteiger partial charge on any atom is 0.190 e. The minimum absolute atomic E-state index is 0.175. The lowest BCUT2D eigenvalue weighted by molar-refractivity contribution is 0.143. The molecule has 130 valence electrons. The molecular weight excluding hydrogens is 286 g/mol. The van der Waals surface area contributed by atoms with Gasteiger partial charge in [0.15, 0.2) is 5.96 Å². The summed E-state index contributed by atoms with van der Waals surface area (Å²) in [6, 6.07) is 10.6. The van der Waals surface area contributed by atoms with Crippen molar-refractivity contribution < 1.29 is 4.74 Å². The average molecular weight is 319 g/mol. The smallest absolute Gasteiger partial charge is 0.190 e. The first-order chi connectivity index (χ1) is 11.1. The van der Waals surface area contributed by atoms with E-state index in [4.69, 9.17) is 4.74 Å². The van der Waals surface area contributed by atoms with E-state index in [1.54, 1.807) is 0 Å². The van der Waals surface area contributed by atoms with E-state index in [0.29, 0.717) is 0 Å². The van der Waals surface area contributed by atoms with Crippen LogP contribution in [0.1, 0.15) is 39.2 Å². The highest BCUT2D eigenvalue weighted by atomic mass is 16.5. The van der Waals surface area contributed by atoms with Crippen molar-refractivity contribution in [1.29, 1.82) is 0 Å². The molecule has 0 aromatic heterocycles. The molecule has 1 rings (SSSR count). The summed E-state index contributed by atoms with van der Waals surface area (Å²) in [4.78, 5) is 4.30. The van der Waals surface area contributed by atoms with E-state index < -0.39 is 0 Å². The zero-order valence-electron chi connectivity index (χ0n) is 15.2. The molecular formula is C19H33N3O. The van der Waals surface area contributed by atoms with Crippen LogP contribution in [-0.2, 0) is 11.2 Å². The van der Waals surface area contributed by atoms with Gasteiger partial charge in [-0.1, -0.05) is 44.2 Å². The van der Waals surface area contributed by atoms with Gasteiger partial charge in [-0.05, 0) is 37.2 Å². The van der Waals surface area contributed by atoms with Crippen molar-refractivity contribution in [2.45, 2.75) is 40.0 Å². The molecule has 0 unspecified atom stereocenters. The molecule has 4 nitrogen and oxygen atoms in total. The van der Waals surface area contributed by atoms with Gasteiger partial charge in [0.05, 0.1) is 0 Å². The van der Waals surface area contributed by atoms with Crippen molar-refractivity contribution in [3.63, 3.8) is 0 Å². The molecule has 0 fully saturated rings. The molecule has 1 aromatic carbocycles. The Morgan fingerprint density at radius 2 is 1.87 bits per heavy atom. The number of ether oxygens (including phenoxy) is 1. The Balaban J connectivity index is 2.27. The van der Waals surface area contributed by atoms with E-state index in [0.717, 1.165) is 51.5 Å². The molecule has 23 heavy (non-hydrogen) atoms. The third kappa shape index (κ3) is 9.24. The topological polar surface area (TPSA) is 45.6 Å². The second-order valence-corrected chi connectivity index (χ2v) is 6.58. The van der Waals surface area contributed by atoms with Gasteiger partial charge in [0, 0.05) is 33.4 Å². The Labute approximate surface area is 141 Å². The Morgan fingerprint density at radius 1 is 1.13 bits per heavy atom. The summed E-state index contributed by atoms with van der Waals surface area (Å²) in [6.45, 7) is 10.0. The lowest BCUT2D eigenvalue weighted by Crippen LogP contribution is -2.43. The predicted molar refractivity (Wildman–Crippen MR) is 99.0 cm³/mol. The third-order valence-corrected chi connectivity index (χ3v) is 3.70. The summed E-state index contributed by atoms with van der Waals surface area (Å²) < 4.78 is 5.34. The Morgan fingerprint density at radius 3 is 2.52 bits per heavy atom. The standard InChI is InChI=1S/C19H33N3O/c1-5-23-14-10-9-13-21-18(20-4)22-16-19(2,3)15-17-11-7-6-8-12-17/h6-8,11-12H,5,9-10,13-16H2,1-4H3,(H2,20,21,22). The second-order valence-electron chi connectivity index (χ2n) is 6.58. The second kappa shape index (κ2) is 11.1. The summed E-state index contributed by atoms with van der Waals surface area (Å²) in [7, 11) is 1.82. The van der Waals surface area contributed by atoms with Crippen molar-refractivity contribution in [3.05, 3.63) is 35.9 Å². The van der Waals surface area contributed by atoms with E-state index in [-0.39, 0.29) is 5.41 Å². The van der Waals surface area contributed by atoms with Gasteiger partial charge in [-0.15, -0.1) is 0 Å². The number of benzene rings is 1. The first kappa shape index (κ1) is 19.5. The normalized spacial score (nSPS) is 12.3. The number of nitrogens with zero attached hydrogens (tertiary/aromatic N) is 1. The molecule has 0 bridgehead atoms. The van der Waals surface area contributed by atoms with Crippen molar-refractivity contribution >= 4 is 5.96 Å². The lowest BCUT2D eigenvalue weighted by Gasteiger charge is -2.26. The average Bonchev–Trinajstić information content (AvgIpc) is 2.54. The summed E-state index contributed by atoms with van der Waals surface area (Å²) in [6.07, 6.45) is 3.22. The minimum atomic E-state index is 0.175. The number of rotatable bonds is 10. The minimum Gasteiger partial charge on any atom is -0.382 e. The van der Waals surface area contributed by atoms with Crippen LogP contribution in [0.15, 0.2) is 35.3 Å². The summed E-state index contributed by atoms with van der Waals surface area (Å²) in [5.41, 5.74) is 1.55. The molecule has 0 aliphatic rings. The SMILES string of the molecule is CCOCCCCNC(=NC)NCC(C)(C)Cc1ccccc1. The number of nitrogens with one attached hydrogen (secondary N) is 2. The molecule has 0 aliphatic carbocycles. The van der Waals surface area contributed by atoms with Crippen molar-refractivity contribution in [2.75, 3.05) is 33.4 Å². The van der Waals surface area contributed by atoms with Crippen LogP contribution >= 0.6 is 0 Å². The highest BCUT2D eigenvalue weighted by Crippen LogP contribution is 2.20. The maximum atomic E-state index is 5.34. The van der Waals surface area contributed by atoms with Gasteiger partial charge in [0.2, 0.25) is 0 Å². The number of hydrogen-bond donors (Lipinski definition) is 2. The Hall–Kier alpha value is -1.55. The Bertz CT molecular complexity index is 443. The van der Waals surface area contributed by atoms with E-state index in [1.807, 2.05) is 14.0 Å². The van der Waals surface area contributed by atoms with Crippen LogP contribution in [-0.4, -0.2) is 39.3 Å². The van der Waals surface area contributed by atoms with E-state index in [9.17, 15) is 0 Å². The summed E-state index contributed by atoms with van der Waals surface area (Å²) in [5.74, 6) is 0.877. The van der Waals surface area contributed by atoms with E-state index in [2.05, 4.69) is 59.8 Å². The number of unbranched alkanes of at least 4 members (excludes halogenated alkanes) is 1. The fourth-order valence-corrected chi connectivity index (χ4v) is 2.43. The molecule has 0 atom stereocenters. The molecule has 0 amide bonds. The highest BCUT2D eigenvalue weighted by molar-refractivity contribution is 5.79. The maximum absolute atomic E-state index is 5.34. The molecule has 0 radical (unpaired) electrons. The molecule has 4 heteroatoms. The first-order valence-corrected chi connectivity index (χ1v) is 8.63. The van der Waals surface area contributed by atoms with Crippen molar-refractivity contribution in [1.82, 2.24) is 10.6 Å². The van der Waals surface area contributed by atoms with Gasteiger partial charge < -0.3 is 15.4 Å². The molecule has 0 saturated carbocycles. The molecule has 0 spiro atoms. The summed E-state index contributed by atoms with van der Waals surface area (Å²) >= 11 is 0. The third-order valence-electron chi connectivity index (χ3n) is 3.70. The van der Waals surface area contributed by atoms with Gasteiger partial charge in [-0.2, -0.15) is 0 Å². The highest BCUT2D eigenvalue weighted by Gasteiger charge is 2.18. The molecule has 0 heterocycles. The van der Waals surface area contributed by atoms with Crippen LogP contribution < -0.4 is 10.6 Å². The Kier molecular flexibility index (Phi) is 9.37. The van der Waals surface area contributed by atoms with Gasteiger partial charge >= 0.3 is 0 Å². The van der Waals surface area contributed by atoms with E-state index >= 15 is 0 Å². The van der Waals surface area contributed by atoms with Crippen molar-refractivity contribution in [2.24, 2.45) is 10.4 Å². The van der Waals surface area contributed by atoms with Crippen molar-refractivity contribution in [3.8, 4) is 0 Å². The van der Waals surface area contributed by atoms with Crippen LogP contribution in [0.25, 0.3) is 0 Å². The van der Waals surface area contributed by atoms with Gasteiger partial charge in [-0.25, -0.2) is 0 Å². The molecule has 0 saturated heterocycles. The summed E-state index contributed by atoms with van der Waals surface area (Å²) in [5, 5.41) is 6.81. The first-order valence-electron chi connectivity index (χ1n) is 8.63. The zero-order valence-corrected chi connectivity index (χ0v) is 15.2. The number of aliphatic imine (C=N–C) groups is 1. The zero-order chi connectivity index (χ0) is 17.0. The van der Waals surface area contributed by atoms with E-state index in [1.165, 1.54) is 5.56 Å². The fraction of sp³-hybridized carbons (Fsp3) is 0.632. The van der Waals surface area contributed by atoms with Gasteiger partial charge in [0.25, 0.3) is 0 Å². The molecule has 2 N–H and O–H groups in total. The predicted octanol–water partition coefficient (Wildman–Crippen LogP) is 3.24. The quantitative estimate of drug-likeness (QED) is 0.395. The van der Waals surface area contributed by atoms with Crippen LogP contribution in [0.3, 0.4) is 0 Å². The fourth-order valence-electron chi connectivity index (χ4n) is 2.43. The van der Waals surface area contributed by atoms with Crippen LogP contribution in [0, 0.1) is 5.41 Å². The van der Waals surface area contributed by atoms with Crippen LogP contribution in [0.5, 0.6) is 0 Å². The van der Waals surface area contributed by atoms with Crippen LogP contribution in [0.4, 0.5) is 0 Å². The lowest BCUT2D eigenvalue weighted by atomic mass is 9.86. The monoisotopic (exact) mass is 319 g/mol. The van der Waals surface area contributed by atoms with Gasteiger partial charge in [-0.3, -0.25) is 4.99 Å². The number of hydrogen-bond acceptors (Lipinski definition) is 2. The van der Waals surface area contributed by atoms with Crippen LogP contribution in [0.2, 0.25) is 0 Å². The number of guanidine groups is 1. The largest absolute Gasteiger partial charge is 0.382 e. The van der Waals surface area contributed by atoms with Gasteiger partial charge in [0.1, 0.15) is 0 Å².